The Morgan fingerprint density at radius 1 is 1.27 bits per heavy atom. The number of hydrogen-bond acceptors (Lipinski definition) is 3. The van der Waals surface area contributed by atoms with Crippen molar-refractivity contribution in [2.24, 2.45) is 0 Å². The molecule has 0 saturated heterocycles. The third kappa shape index (κ3) is 6.52. The minimum Gasteiger partial charge on any atom is -0.316 e. The van der Waals surface area contributed by atoms with E-state index in [1.54, 1.807) is 0 Å². The standard InChI is InChI=1S/C12H20N2S/c1-15-11-5-4-8-13-10-7-12-6-2-3-9-14-12/h2-3,6,9,13H,4-5,7-8,10-11H2,1H3. The fraction of sp³-hybridized carbons (Fsp3) is 0.583. The van der Waals surface area contributed by atoms with Gasteiger partial charge in [-0.3, -0.25) is 4.98 Å². The summed E-state index contributed by atoms with van der Waals surface area (Å²) in [5.41, 5.74) is 1.18. The maximum Gasteiger partial charge on any atom is 0.0416 e. The SMILES string of the molecule is CSCCCCNCCc1ccccn1. The normalized spacial score (nSPS) is 10.5. The molecule has 0 amide bonds. The molecule has 0 aliphatic rings. The quantitative estimate of drug-likeness (QED) is 0.686. The Bertz CT molecular complexity index is 239. The fourth-order valence-corrected chi connectivity index (χ4v) is 1.88. The van der Waals surface area contributed by atoms with E-state index < -0.39 is 0 Å². The zero-order valence-electron chi connectivity index (χ0n) is 9.41. The largest absolute Gasteiger partial charge is 0.316 e. The summed E-state index contributed by atoms with van der Waals surface area (Å²) in [4.78, 5) is 4.28. The van der Waals surface area contributed by atoms with Gasteiger partial charge in [-0.05, 0) is 43.5 Å². The molecule has 15 heavy (non-hydrogen) atoms. The molecule has 1 rings (SSSR count). The first kappa shape index (κ1) is 12.5. The lowest BCUT2D eigenvalue weighted by Gasteiger charge is -2.03. The molecule has 0 fully saturated rings. The molecule has 2 nitrogen and oxygen atoms in total. The Hall–Kier alpha value is -0.540. The molecule has 0 atom stereocenters. The first-order chi connectivity index (χ1) is 7.43. The first-order valence-electron chi connectivity index (χ1n) is 5.53. The van der Waals surface area contributed by atoms with Crippen molar-refractivity contribution in [1.29, 1.82) is 0 Å². The lowest BCUT2D eigenvalue weighted by Crippen LogP contribution is -2.18. The Morgan fingerprint density at radius 2 is 2.20 bits per heavy atom. The van der Waals surface area contributed by atoms with Gasteiger partial charge in [0.15, 0.2) is 0 Å². The maximum absolute atomic E-state index is 4.28. The van der Waals surface area contributed by atoms with Crippen LogP contribution in [-0.2, 0) is 6.42 Å². The van der Waals surface area contributed by atoms with Gasteiger partial charge in [-0.1, -0.05) is 6.07 Å². The van der Waals surface area contributed by atoms with Crippen LogP contribution in [0.2, 0.25) is 0 Å². The molecule has 1 N–H and O–H groups in total. The van der Waals surface area contributed by atoms with Crippen LogP contribution in [0.4, 0.5) is 0 Å². The van der Waals surface area contributed by atoms with Crippen molar-refractivity contribution in [2.75, 3.05) is 25.1 Å². The van der Waals surface area contributed by atoms with Crippen molar-refractivity contribution in [2.45, 2.75) is 19.3 Å². The van der Waals surface area contributed by atoms with Crippen LogP contribution >= 0.6 is 11.8 Å². The summed E-state index contributed by atoms with van der Waals surface area (Å²) in [7, 11) is 0. The smallest absolute Gasteiger partial charge is 0.0416 e. The zero-order valence-corrected chi connectivity index (χ0v) is 10.2. The van der Waals surface area contributed by atoms with E-state index in [1.807, 2.05) is 30.1 Å². The first-order valence-corrected chi connectivity index (χ1v) is 6.92. The number of unbranched alkanes of at least 4 members (excludes halogenated alkanes) is 1. The van der Waals surface area contributed by atoms with Crippen LogP contribution in [-0.4, -0.2) is 30.1 Å². The molecule has 84 valence electrons. The van der Waals surface area contributed by atoms with Gasteiger partial charge in [0.25, 0.3) is 0 Å². The highest BCUT2D eigenvalue weighted by molar-refractivity contribution is 7.98. The number of aromatic nitrogens is 1. The predicted octanol–water partition coefficient (Wildman–Crippen LogP) is 2.36. The predicted molar refractivity (Wildman–Crippen MR) is 68.4 cm³/mol. The topological polar surface area (TPSA) is 24.9 Å². The zero-order chi connectivity index (χ0) is 10.8. The molecule has 0 saturated carbocycles. The number of hydrogen-bond donors (Lipinski definition) is 1. The van der Waals surface area contributed by atoms with Crippen LogP contribution < -0.4 is 5.32 Å². The number of nitrogens with one attached hydrogen (secondary N) is 1. The molecule has 3 heteroatoms. The Morgan fingerprint density at radius 3 is 2.93 bits per heavy atom. The van der Waals surface area contributed by atoms with Crippen molar-refractivity contribution in [3.05, 3.63) is 30.1 Å². The lowest BCUT2D eigenvalue weighted by molar-refractivity contribution is 0.638. The summed E-state index contributed by atoms with van der Waals surface area (Å²) < 4.78 is 0. The van der Waals surface area contributed by atoms with Crippen molar-refractivity contribution in [3.8, 4) is 0 Å². The van der Waals surface area contributed by atoms with Gasteiger partial charge in [0, 0.05) is 24.9 Å². The Kier molecular flexibility index (Phi) is 7.30. The number of thioether (sulfide) groups is 1. The average Bonchev–Trinajstić information content (AvgIpc) is 2.29. The molecule has 1 aromatic rings. The minimum atomic E-state index is 1.03. The summed E-state index contributed by atoms with van der Waals surface area (Å²) in [6.07, 6.45) is 7.65. The van der Waals surface area contributed by atoms with E-state index in [9.17, 15) is 0 Å². The van der Waals surface area contributed by atoms with Crippen LogP contribution in [0, 0.1) is 0 Å². The van der Waals surface area contributed by atoms with E-state index >= 15 is 0 Å². The fourth-order valence-electron chi connectivity index (χ4n) is 1.38. The molecule has 0 bridgehead atoms. The molecule has 0 aromatic carbocycles. The van der Waals surface area contributed by atoms with E-state index in [0.717, 1.165) is 19.5 Å². The van der Waals surface area contributed by atoms with E-state index in [0.29, 0.717) is 0 Å². The Balaban J connectivity index is 1.93. The van der Waals surface area contributed by atoms with Gasteiger partial charge in [0.2, 0.25) is 0 Å². The summed E-state index contributed by atoms with van der Waals surface area (Å²) in [5, 5.41) is 3.44. The summed E-state index contributed by atoms with van der Waals surface area (Å²) in [6.45, 7) is 2.17. The molecule has 1 aromatic heterocycles. The number of rotatable bonds is 8. The molecule has 0 spiro atoms. The second kappa shape index (κ2) is 8.74. The number of pyridine rings is 1. The van der Waals surface area contributed by atoms with Crippen molar-refractivity contribution in [3.63, 3.8) is 0 Å². The van der Waals surface area contributed by atoms with E-state index in [4.69, 9.17) is 0 Å². The summed E-state index contributed by atoms with van der Waals surface area (Å²) in [5.74, 6) is 1.28. The van der Waals surface area contributed by atoms with E-state index in [1.165, 1.54) is 24.3 Å². The highest BCUT2D eigenvalue weighted by atomic mass is 32.2. The van der Waals surface area contributed by atoms with Crippen LogP contribution in [0.3, 0.4) is 0 Å². The van der Waals surface area contributed by atoms with Gasteiger partial charge in [-0.2, -0.15) is 11.8 Å². The van der Waals surface area contributed by atoms with Gasteiger partial charge in [0.1, 0.15) is 0 Å². The van der Waals surface area contributed by atoms with E-state index in [2.05, 4.69) is 22.6 Å². The van der Waals surface area contributed by atoms with Gasteiger partial charge in [-0.15, -0.1) is 0 Å². The second-order valence-corrected chi connectivity index (χ2v) is 4.51. The van der Waals surface area contributed by atoms with Gasteiger partial charge in [0.05, 0.1) is 0 Å². The average molecular weight is 224 g/mol. The third-order valence-corrected chi connectivity index (χ3v) is 2.93. The van der Waals surface area contributed by atoms with Crippen LogP contribution in [0.1, 0.15) is 18.5 Å². The van der Waals surface area contributed by atoms with Crippen molar-refractivity contribution < 1.29 is 0 Å². The summed E-state index contributed by atoms with van der Waals surface area (Å²) in [6, 6.07) is 6.08. The highest BCUT2D eigenvalue weighted by Gasteiger charge is 1.92. The molecule has 0 unspecified atom stereocenters. The summed E-state index contributed by atoms with van der Waals surface area (Å²) >= 11 is 1.92. The maximum atomic E-state index is 4.28. The molecular weight excluding hydrogens is 204 g/mol. The van der Waals surface area contributed by atoms with Crippen LogP contribution in [0.5, 0.6) is 0 Å². The van der Waals surface area contributed by atoms with Crippen molar-refractivity contribution >= 4 is 11.8 Å². The minimum absolute atomic E-state index is 1.03. The van der Waals surface area contributed by atoms with Gasteiger partial charge >= 0.3 is 0 Å². The molecule has 0 aliphatic carbocycles. The van der Waals surface area contributed by atoms with E-state index in [-0.39, 0.29) is 0 Å². The van der Waals surface area contributed by atoms with Crippen molar-refractivity contribution in [1.82, 2.24) is 10.3 Å². The molecule has 0 radical (unpaired) electrons. The van der Waals surface area contributed by atoms with Gasteiger partial charge in [-0.25, -0.2) is 0 Å². The third-order valence-electron chi connectivity index (χ3n) is 2.24. The molecular formula is C12H20N2S. The number of nitrogens with zero attached hydrogens (tertiary/aromatic N) is 1. The molecule has 0 aliphatic heterocycles. The second-order valence-electron chi connectivity index (χ2n) is 3.52. The lowest BCUT2D eigenvalue weighted by atomic mass is 10.2. The highest BCUT2D eigenvalue weighted by Crippen LogP contribution is 1.98. The van der Waals surface area contributed by atoms with Crippen LogP contribution in [0.15, 0.2) is 24.4 Å². The Labute approximate surface area is 96.9 Å². The molecule has 1 heterocycles. The van der Waals surface area contributed by atoms with Crippen LogP contribution in [0.25, 0.3) is 0 Å². The monoisotopic (exact) mass is 224 g/mol. The van der Waals surface area contributed by atoms with Gasteiger partial charge < -0.3 is 5.32 Å².